The lowest BCUT2D eigenvalue weighted by Gasteiger charge is -2.08. The Balaban J connectivity index is 1.66. The van der Waals surface area contributed by atoms with Crippen LogP contribution >= 0.6 is 0 Å². The van der Waals surface area contributed by atoms with Crippen molar-refractivity contribution in [1.82, 2.24) is 14.7 Å². The van der Waals surface area contributed by atoms with Crippen LogP contribution in [0.4, 0.5) is 5.69 Å². The molecule has 2 heterocycles. The van der Waals surface area contributed by atoms with Crippen LogP contribution in [0.25, 0.3) is 0 Å². The van der Waals surface area contributed by atoms with E-state index in [-0.39, 0.29) is 17.1 Å². The molecule has 3 rings (SSSR count). The molecule has 2 N–H and O–H groups in total. The summed E-state index contributed by atoms with van der Waals surface area (Å²) >= 11 is 0. The summed E-state index contributed by atoms with van der Waals surface area (Å²) in [4.78, 5) is 19.8. The summed E-state index contributed by atoms with van der Waals surface area (Å²) in [6.07, 6.45) is 5.69. The van der Waals surface area contributed by atoms with Crippen LogP contribution in [0.3, 0.4) is 0 Å². The van der Waals surface area contributed by atoms with E-state index in [9.17, 15) is 13.2 Å². The molecule has 3 aromatic rings. The highest BCUT2D eigenvalue weighted by molar-refractivity contribution is 7.89. The summed E-state index contributed by atoms with van der Waals surface area (Å²) in [5, 5.41) is 2.62. The second-order valence-electron chi connectivity index (χ2n) is 4.97. The normalized spacial score (nSPS) is 11.2. The highest BCUT2D eigenvalue weighted by atomic mass is 32.2. The number of furan rings is 1. The van der Waals surface area contributed by atoms with Gasteiger partial charge in [-0.3, -0.25) is 9.78 Å². The lowest BCUT2D eigenvalue weighted by Crippen LogP contribution is -2.23. The Morgan fingerprint density at radius 1 is 1.12 bits per heavy atom. The number of rotatable bonds is 6. The number of hydrogen-bond donors (Lipinski definition) is 2. The minimum atomic E-state index is -3.68. The van der Waals surface area contributed by atoms with E-state index in [1.54, 1.807) is 12.1 Å². The van der Waals surface area contributed by atoms with Gasteiger partial charge in [0.15, 0.2) is 0 Å². The second kappa shape index (κ2) is 7.24. The summed E-state index contributed by atoms with van der Waals surface area (Å²) in [7, 11) is -3.68. The average molecular weight is 358 g/mol. The number of benzene rings is 1. The molecule has 128 valence electrons. The van der Waals surface area contributed by atoms with Crippen molar-refractivity contribution in [2.45, 2.75) is 11.4 Å². The smallest absolute Gasteiger partial charge is 0.275 e. The largest absolute Gasteiger partial charge is 0.468 e. The Morgan fingerprint density at radius 3 is 2.56 bits per heavy atom. The lowest BCUT2D eigenvalue weighted by molar-refractivity contribution is 0.102. The van der Waals surface area contributed by atoms with Gasteiger partial charge >= 0.3 is 0 Å². The molecule has 1 aromatic carbocycles. The molecule has 9 heteroatoms. The predicted octanol–water partition coefficient (Wildman–Crippen LogP) is 1.80. The van der Waals surface area contributed by atoms with Crippen LogP contribution in [0.5, 0.6) is 0 Å². The molecule has 8 nitrogen and oxygen atoms in total. The van der Waals surface area contributed by atoms with Crippen LogP contribution in [-0.4, -0.2) is 24.3 Å². The number of aromatic nitrogens is 2. The quantitative estimate of drug-likeness (QED) is 0.694. The van der Waals surface area contributed by atoms with E-state index in [1.807, 2.05) is 0 Å². The van der Waals surface area contributed by atoms with Crippen molar-refractivity contribution in [2.24, 2.45) is 0 Å². The van der Waals surface area contributed by atoms with Gasteiger partial charge in [0.1, 0.15) is 11.5 Å². The highest BCUT2D eigenvalue weighted by Crippen LogP contribution is 2.15. The first-order valence-corrected chi connectivity index (χ1v) is 8.72. The number of hydrogen-bond acceptors (Lipinski definition) is 6. The molecule has 25 heavy (non-hydrogen) atoms. The van der Waals surface area contributed by atoms with Crippen molar-refractivity contribution in [1.29, 1.82) is 0 Å². The van der Waals surface area contributed by atoms with Crippen LogP contribution in [0.2, 0.25) is 0 Å². The molecule has 0 fully saturated rings. The number of anilines is 1. The molecule has 0 spiro atoms. The van der Waals surface area contributed by atoms with Crippen molar-refractivity contribution in [2.75, 3.05) is 5.32 Å². The maximum absolute atomic E-state index is 12.2. The van der Waals surface area contributed by atoms with Gasteiger partial charge in [-0.15, -0.1) is 0 Å². The molecule has 0 radical (unpaired) electrons. The summed E-state index contributed by atoms with van der Waals surface area (Å²) in [5.41, 5.74) is 0.611. The Labute approximate surface area is 144 Å². The summed E-state index contributed by atoms with van der Waals surface area (Å²) in [5.74, 6) is 0.0797. The van der Waals surface area contributed by atoms with Crippen molar-refractivity contribution in [3.05, 3.63) is 72.7 Å². The number of nitrogens with zero attached hydrogens (tertiary/aromatic N) is 2. The fraction of sp³-hybridized carbons (Fsp3) is 0.0625. The maximum Gasteiger partial charge on any atom is 0.275 e. The lowest BCUT2D eigenvalue weighted by atomic mass is 10.3. The van der Waals surface area contributed by atoms with Crippen molar-refractivity contribution in [3.8, 4) is 0 Å². The SMILES string of the molecule is O=C(Nc1ccc(S(=O)(=O)NCc2ccco2)cc1)c1cnccn1. The van der Waals surface area contributed by atoms with Crippen molar-refractivity contribution in [3.63, 3.8) is 0 Å². The van der Waals surface area contributed by atoms with Crippen LogP contribution in [0, 0.1) is 0 Å². The summed E-state index contributed by atoms with van der Waals surface area (Å²) in [6, 6.07) is 9.14. The molecular weight excluding hydrogens is 344 g/mol. The van der Waals surface area contributed by atoms with E-state index < -0.39 is 15.9 Å². The first-order chi connectivity index (χ1) is 12.0. The minimum Gasteiger partial charge on any atom is -0.468 e. The number of carbonyl (C=O) groups excluding carboxylic acids is 1. The number of carbonyl (C=O) groups is 1. The first kappa shape index (κ1) is 16.8. The van der Waals surface area contributed by atoms with Gasteiger partial charge in [-0.2, -0.15) is 0 Å². The van der Waals surface area contributed by atoms with Gasteiger partial charge in [0.2, 0.25) is 10.0 Å². The van der Waals surface area contributed by atoms with Gasteiger partial charge < -0.3 is 9.73 Å². The molecular formula is C16H14N4O4S. The molecule has 0 bridgehead atoms. The van der Waals surface area contributed by atoms with Gasteiger partial charge in [0.05, 0.1) is 23.9 Å². The van der Waals surface area contributed by atoms with E-state index >= 15 is 0 Å². The van der Waals surface area contributed by atoms with Gasteiger partial charge in [-0.05, 0) is 36.4 Å². The van der Waals surface area contributed by atoms with Gasteiger partial charge in [-0.25, -0.2) is 18.1 Å². The molecule has 0 aliphatic rings. The van der Waals surface area contributed by atoms with E-state index in [1.165, 1.54) is 49.1 Å². The third-order valence-corrected chi connectivity index (χ3v) is 4.65. The maximum atomic E-state index is 12.2. The zero-order valence-electron chi connectivity index (χ0n) is 12.9. The Hall–Kier alpha value is -3.04. The fourth-order valence-electron chi connectivity index (χ4n) is 1.99. The first-order valence-electron chi connectivity index (χ1n) is 7.24. The van der Waals surface area contributed by atoms with E-state index in [2.05, 4.69) is 20.0 Å². The Bertz CT molecular complexity index is 940. The predicted molar refractivity (Wildman–Crippen MR) is 89.2 cm³/mol. The number of sulfonamides is 1. The van der Waals surface area contributed by atoms with Crippen LogP contribution in [0.15, 0.2) is 70.6 Å². The molecule has 0 unspecified atom stereocenters. The molecule has 0 aliphatic heterocycles. The van der Waals surface area contributed by atoms with Gasteiger partial charge in [0.25, 0.3) is 5.91 Å². The van der Waals surface area contributed by atoms with Gasteiger partial charge in [-0.1, -0.05) is 0 Å². The third-order valence-electron chi connectivity index (χ3n) is 3.23. The van der Waals surface area contributed by atoms with E-state index in [4.69, 9.17) is 4.42 Å². The molecule has 0 aliphatic carbocycles. The molecule has 1 amide bonds. The second-order valence-corrected chi connectivity index (χ2v) is 6.74. The number of nitrogens with one attached hydrogen (secondary N) is 2. The minimum absolute atomic E-state index is 0.0560. The van der Waals surface area contributed by atoms with E-state index in [0.717, 1.165) is 0 Å². The molecule has 0 atom stereocenters. The van der Waals surface area contributed by atoms with Crippen LogP contribution in [-0.2, 0) is 16.6 Å². The van der Waals surface area contributed by atoms with E-state index in [0.29, 0.717) is 11.4 Å². The van der Waals surface area contributed by atoms with Crippen LogP contribution in [0.1, 0.15) is 16.2 Å². The topological polar surface area (TPSA) is 114 Å². The summed E-state index contributed by atoms with van der Waals surface area (Å²) in [6.45, 7) is 0.0560. The van der Waals surface area contributed by atoms with Crippen molar-refractivity contribution >= 4 is 21.6 Å². The third kappa shape index (κ3) is 4.28. The standard InChI is InChI=1S/C16H14N4O4S/c21-16(15-11-17-7-8-18-15)20-12-3-5-14(6-4-12)25(22,23)19-10-13-2-1-9-24-13/h1-9,11,19H,10H2,(H,20,21). The zero-order valence-corrected chi connectivity index (χ0v) is 13.7. The monoisotopic (exact) mass is 358 g/mol. The number of amides is 1. The highest BCUT2D eigenvalue weighted by Gasteiger charge is 2.15. The Kier molecular flexibility index (Phi) is 4.87. The van der Waals surface area contributed by atoms with Crippen LogP contribution < -0.4 is 10.0 Å². The molecule has 0 saturated heterocycles. The van der Waals surface area contributed by atoms with Gasteiger partial charge in [0, 0.05) is 18.1 Å². The van der Waals surface area contributed by atoms with Crippen molar-refractivity contribution < 1.29 is 17.6 Å². The average Bonchev–Trinajstić information content (AvgIpc) is 3.15. The fourth-order valence-corrected chi connectivity index (χ4v) is 2.98. The Morgan fingerprint density at radius 2 is 1.92 bits per heavy atom. The summed E-state index contributed by atoms with van der Waals surface area (Å²) < 4.78 is 32.0. The zero-order chi connectivity index (χ0) is 17.7. The molecule has 0 saturated carbocycles. The molecule has 2 aromatic heterocycles.